The predicted octanol–water partition coefficient (Wildman–Crippen LogP) is 1.96. The fraction of sp³-hybridized carbons (Fsp3) is 0.733. The minimum atomic E-state index is -0.0984. The van der Waals surface area contributed by atoms with Crippen LogP contribution in [0.1, 0.15) is 45.9 Å². The highest BCUT2D eigenvalue weighted by atomic mass is 15.3. The number of aromatic nitrogens is 2. The molecular formula is C15H28N6. The largest absolute Gasteiger partial charge is 0.370 e. The number of nitrogen functional groups attached to an aromatic ring is 1. The lowest BCUT2D eigenvalue weighted by atomic mass is 9.96. The first-order valence-corrected chi connectivity index (χ1v) is 7.81. The molecule has 0 aliphatic carbocycles. The molecule has 1 aromatic heterocycles. The van der Waals surface area contributed by atoms with Crippen LogP contribution in [0.2, 0.25) is 0 Å². The number of hydrazine groups is 1. The van der Waals surface area contributed by atoms with Crippen molar-refractivity contribution in [3.8, 4) is 0 Å². The highest BCUT2D eigenvalue weighted by Crippen LogP contribution is 2.21. The quantitative estimate of drug-likeness (QED) is 0.422. The molecule has 0 atom stereocenters. The fourth-order valence-electron chi connectivity index (χ4n) is 2.47. The topological polar surface area (TPSA) is 79.1 Å². The van der Waals surface area contributed by atoms with Gasteiger partial charge in [0.2, 0.25) is 0 Å². The molecule has 1 fully saturated rings. The van der Waals surface area contributed by atoms with Gasteiger partial charge in [0, 0.05) is 18.0 Å². The Hall–Kier alpha value is -1.40. The van der Waals surface area contributed by atoms with Crippen molar-refractivity contribution in [1.82, 2.24) is 14.9 Å². The van der Waals surface area contributed by atoms with E-state index in [1.54, 1.807) is 0 Å². The van der Waals surface area contributed by atoms with Crippen LogP contribution in [0, 0.1) is 0 Å². The van der Waals surface area contributed by atoms with E-state index in [2.05, 4.69) is 46.4 Å². The first-order chi connectivity index (χ1) is 9.99. The zero-order valence-corrected chi connectivity index (χ0v) is 13.4. The van der Waals surface area contributed by atoms with Gasteiger partial charge in [-0.25, -0.2) is 15.8 Å². The Bertz CT molecular complexity index is 448. The number of hydrogen-bond acceptors (Lipinski definition) is 6. The van der Waals surface area contributed by atoms with Crippen LogP contribution in [-0.4, -0.2) is 41.0 Å². The summed E-state index contributed by atoms with van der Waals surface area (Å²) in [6, 6.07) is 1.85. The Morgan fingerprint density at radius 2 is 1.86 bits per heavy atom. The maximum atomic E-state index is 5.49. The van der Waals surface area contributed by atoms with Gasteiger partial charge in [-0.2, -0.15) is 0 Å². The number of nitrogens with one attached hydrogen (secondary N) is 2. The van der Waals surface area contributed by atoms with Crippen molar-refractivity contribution in [2.75, 3.05) is 36.9 Å². The smallest absolute Gasteiger partial charge is 0.145 e. The van der Waals surface area contributed by atoms with E-state index in [0.717, 1.165) is 31.2 Å². The first-order valence-electron chi connectivity index (χ1n) is 7.81. The van der Waals surface area contributed by atoms with Crippen LogP contribution in [-0.2, 0) is 5.41 Å². The van der Waals surface area contributed by atoms with E-state index in [1.165, 1.54) is 25.9 Å². The summed E-state index contributed by atoms with van der Waals surface area (Å²) in [4.78, 5) is 11.5. The monoisotopic (exact) mass is 292 g/mol. The highest BCUT2D eigenvalue weighted by molar-refractivity contribution is 5.47. The van der Waals surface area contributed by atoms with Gasteiger partial charge in [0.25, 0.3) is 0 Å². The molecule has 6 nitrogen and oxygen atoms in total. The molecule has 0 saturated carbocycles. The molecule has 1 saturated heterocycles. The molecule has 0 aromatic carbocycles. The van der Waals surface area contributed by atoms with Crippen LogP contribution in [0.3, 0.4) is 0 Å². The van der Waals surface area contributed by atoms with Crippen molar-refractivity contribution in [3.63, 3.8) is 0 Å². The fourth-order valence-corrected chi connectivity index (χ4v) is 2.47. The molecule has 1 aliphatic rings. The van der Waals surface area contributed by atoms with Crippen molar-refractivity contribution >= 4 is 11.6 Å². The molecule has 0 amide bonds. The van der Waals surface area contributed by atoms with Crippen molar-refractivity contribution < 1.29 is 0 Å². The lowest BCUT2D eigenvalue weighted by Crippen LogP contribution is -2.23. The summed E-state index contributed by atoms with van der Waals surface area (Å²) in [5.74, 6) is 7.77. The average molecular weight is 292 g/mol. The van der Waals surface area contributed by atoms with E-state index in [4.69, 9.17) is 5.84 Å². The molecule has 1 aliphatic heterocycles. The second kappa shape index (κ2) is 7.04. The predicted molar refractivity (Wildman–Crippen MR) is 87.3 cm³/mol. The van der Waals surface area contributed by atoms with Gasteiger partial charge in [-0.15, -0.1) is 0 Å². The zero-order chi connectivity index (χ0) is 15.3. The number of nitrogens with two attached hydrogens (primary N) is 1. The summed E-state index contributed by atoms with van der Waals surface area (Å²) >= 11 is 0. The van der Waals surface area contributed by atoms with Crippen LogP contribution in [0.25, 0.3) is 0 Å². The van der Waals surface area contributed by atoms with E-state index in [1.807, 2.05) is 6.07 Å². The van der Waals surface area contributed by atoms with Crippen LogP contribution in [0.5, 0.6) is 0 Å². The molecule has 4 N–H and O–H groups in total. The second-order valence-electron chi connectivity index (χ2n) is 6.69. The maximum Gasteiger partial charge on any atom is 0.145 e. The molecule has 2 rings (SSSR count). The molecule has 21 heavy (non-hydrogen) atoms. The summed E-state index contributed by atoms with van der Waals surface area (Å²) in [7, 11) is 0. The minimum Gasteiger partial charge on any atom is -0.370 e. The summed E-state index contributed by atoms with van der Waals surface area (Å²) in [5, 5.41) is 3.38. The summed E-state index contributed by atoms with van der Waals surface area (Å²) in [6.45, 7) is 10.9. The SMILES string of the molecule is CC(C)(C)c1nc(NN)cc(NCCCN2CCCC2)n1. The van der Waals surface area contributed by atoms with Crippen LogP contribution >= 0.6 is 0 Å². The molecule has 6 heteroatoms. The number of nitrogens with zero attached hydrogens (tertiary/aromatic N) is 3. The Kier molecular flexibility index (Phi) is 5.36. The van der Waals surface area contributed by atoms with Gasteiger partial charge in [0.1, 0.15) is 17.5 Å². The lowest BCUT2D eigenvalue weighted by molar-refractivity contribution is 0.337. The van der Waals surface area contributed by atoms with Gasteiger partial charge in [0.15, 0.2) is 0 Å². The zero-order valence-electron chi connectivity index (χ0n) is 13.4. The second-order valence-corrected chi connectivity index (χ2v) is 6.69. The van der Waals surface area contributed by atoms with Crippen molar-refractivity contribution in [1.29, 1.82) is 0 Å². The molecular weight excluding hydrogens is 264 g/mol. The Labute approximate surface area is 127 Å². The van der Waals surface area contributed by atoms with Gasteiger partial charge in [-0.05, 0) is 38.9 Å². The van der Waals surface area contributed by atoms with Gasteiger partial charge in [0.05, 0.1) is 0 Å². The van der Waals surface area contributed by atoms with E-state index < -0.39 is 0 Å². The molecule has 1 aromatic rings. The standard InChI is InChI=1S/C15H28N6/c1-15(2,3)14-18-12(11-13(19-14)20-16)17-7-6-10-21-8-4-5-9-21/h11H,4-10,16H2,1-3H3,(H2,17,18,19,20). The van der Waals surface area contributed by atoms with Crippen molar-refractivity contribution in [2.24, 2.45) is 5.84 Å². The maximum absolute atomic E-state index is 5.49. The third-order valence-electron chi connectivity index (χ3n) is 3.70. The average Bonchev–Trinajstić information content (AvgIpc) is 2.95. The van der Waals surface area contributed by atoms with Gasteiger partial charge < -0.3 is 15.6 Å². The van der Waals surface area contributed by atoms with Crippen LogP contribution in [0.4, 0.5) is 11.6 Å². The molecule has 0 radical (unpaired) electrons. The van der Waals surface area contributed by atoms with E-state index >= 15 is 0 Å². The normalized spacial score (nSPS) is 16.2. The number of anilines is 2. The third kappa shape index (κ3) is 4.82. The summed E-state index contributed by atoms with van der Waals surface area (Å²) < 4.78 is 0. The van der Waals surface area contributed by atoms with Gasteiger partial charge in [-0.1, -0.05) is 20.8 Å². The van der Waals surface area contributed by atoms with E-state index in [-0.39, 0.29) is 5.41 Å². The Morgan fingerprint density at radius 1 is 1.19 bits per heavy atom. The Balaban J connectivity index is 1.89. The van der Waals surface area contributed by atoms with E-state index in [0.29, 0.717) is 5.82 Å². The van der Waals surface area contributed by atoms with Crippen molar-refractivity contribution in [3.05, 3.63) is 11.9 Å². The summed E-state index contributed by atoms with van der Waals surface area (Å²) in [6.07, 6.45) is 3.82. The highest BCUT2D eigenvalue weighted by Gasteiger charge is 2.19. The number of rotatable bonds is 6. The Morgan fingerprint density at radius 3 is 2.48 bits per heavy atom. The molecule has 0 spiro atoms. The third-order valence-corrected chi connectivity index (χ3v) is 3.70. The molecule has 0 bridgehead atoms. The van der Waals surface area contributed by atoms with Crippen molar-refractivity contribution in [2.45, 2.75) is 45.4 Å². The van der Waals surface area contributed by atoms with Gasteiger partial charge in [-0.3, -0.25) is 0 Å². The van der Waals surface area contributed by atoms with Gasteiger partial charge >= 0.3 is 0 Å². The minimum absolute atomic E-state index is 0.0984. The summed E-state index contributed by atoms with van der Waals surface area (Å²) in [5.41, 5.74) is 2.52. The number of likely N-dealkylation sites (tertiary alicyclic amines) is 1. The number of hydrogen-bond donors (Lipinski definition) is 3. The molecule has 118 valence electrons. The van der Waals surface area contributed by atoms with Crippen LogP contribution in [0.15, 0.2) is 6.07 Å². The lowest BCUT2D eigenvalue weighted by Gasteiger charge is -2.19. The first kappa shape index (κ1) is 16.0. The molecule has 2 heterocycles. The van der Waals surface area contributed by atoms with E-state index in [9.17, 15) is 0 Å². The molecule has 0 unspecified atom stereocenters. The van der Waals surface area contributed by atoms with Crippen LogP contribution < -0.4 is 16.6 Å².